The number of piperidine rings is 1. The number of benzene rings is 2. The Morgan fingerprint density at radius 3 is 2.64 bits per heavy atom. The van der Waals surface area contributed by atoms with Gasteiger partial charge in [-0.3, -0.25) is 4.79 Å². The van der Waals surface area contributed by atoms with E-state index in [9.17, 15) is 9.35 Å². The Morgan fingerprint density at radius 2 is 1.84 bits per heavy atom. The SMILES string of the molecule is O=C(CN1c2ccc(Br)cc2-c2ccccc2[S+]1O)N1CCCCC1. The van der Waals surface area contributed by atoms with Crippen LogP contribution in [0.15, 0.2) is 51.8 Å². The van der Waals surface area contributed by atoms with Crippen LogP contribution in [0.25, 0.3) is 11.1 Å². The summed E-state index contributed by atoms with van der Waals surface area (Å²) in [5, 5.41) is 0. The zero-order chi connectivity index (χ0) is 17.4. The molecular formula is C19H20BrN2O2S+. The molecule has 4 nitrogen and oxygen atoms in total. The zero-order valence-corrected chi connectivity index (χ0v) is 16.2. The Balaban J connectivity index is 1.70. The third kappa shape index (κ3) is 3.18. The van der Waals surface area contributed by atoms with Gasteiger partial charge in [-0.1, -0.05) is 28.1 Å². The second kappa shape index (κ2) is 7.02. The second-order valence-corrected chi connectivity index (χ2v) is 8.72. The van der Waals surface area contributed by atoms with E-state index in [1.807, 2.05) is 45.6 Å². The zero-order valence-electron chi connectivity index (χ0n) is 13.8. The van der Waals surface area contributed by atoms with E-state index in [2.05, 4.69) is 22.0 Å². The van der Waals surface area contributed by atoms with E-state index in [1.54, 1.807) is 0 Å². The predicted octanol–water partition coefficient (Wildman–Crippen LogP) is 4.31. The number of hydrogen-bond acceptors (Lipinski definition) is 3. The van der Waals surface area contributed by atoms with Gasteiger partial charge in [0.2, 0.25) is 10.8 Å². The number of fused-ring (bicyclic) bond motifs is 3. The summed E-state index contributed by atoms with van der Waals surface area (Å²) >= 11 is 2.41. The van der Waals surface area contributed by atoms with Crippen molar-refractivity contribution in [2.45, 2.75) is 24.2 Å². The minimum atomic E-state index is -1.13. The highest BCUT2D eigenvalue weighted by molar-refractivity contribution is 9.10. The fourth-order valence-electron chi connectivity index (χ4n) is 3.51. The van der Waals surface area contributed by atoms with Gasteiger partial charge in [0.25, 0.3) is 0 Å². The molecule has 1 unspecified atom stereocenters. The molecule has 130 valence electrons. The number of anilines is 1. The number of carbonyl (C=O) groups excluding carboxylic acids is 1. The Kier molecular flexibility index (Phi) is 4.75. The molecule has 1 saturated heterocycles. The Labute approximate surface area is 159 Å². The Bertz CT molecular complexity index is 808. The van der Waals surface area contributed by atoms with E-state index >= 15 is 0 Å². The number of likely N-dealkylation sites (tertiary alicyclic amines) is 1. The topological polar surface area (TPSA) is 43.8 Å². The van der Waals surface area contributed by atoms with Gasteiger partial charge in [0.1, 0.15) is 6.54 Å². The molecule has 2 heterocycles. The molecule has 6 heteroatoms. The summed E-state index contributed by atoms with van der Waals surface area (Å²) in [6.07, 6.45) is 3.34. The van der Waals surface area contributed by atoms with Crippen LogP contribution < -0.4 is 4.31 Å². The molecule has 0 spiro atoms. The maximum absolute atomic E-state index is 12.8. The van der Waals surface area contributed by atoms with Crippen LogP contribution in [0.5, 0.6) is 0 Å². The van der Waals surface area contributed by atoms with Gasteiger partial charge in [0.05, 0.1) is 5.69 Å². The summed E-state index contributed by atoms with van der Waals surface area (Å²) in [6.45, 7) is 1.87. The highest BCUT2D eigenvalue weighted by Gasteiger charge is 2.42. The highest BCUT2D eigenvalue weighted by atomic mass is 79.9. The molecule has 1 fully saturated rings. The molecule has 2 aliphatic rings. The molecule has 2 aromatic carbocycles. The number of amides is 1. The summed E-state index contributed by atoms with van der Waals surface area (Å²) in [7, 11) is 0. The molecule has 25 heavy (non-hydrogen) atoms. The van der Waals surface area contributed by atoms with Gasteiger partial charge in [0.15, 0.2) is 0 Å². The van der Waals surface area contributed by atoms with E-state index in [0.717, 1.165) is 52.1 Å². The van der Waals surface area contributed by atoms with Crippen molar-refractivity contribution in [3.05, 3.63) is 46.9 Å². The maximum atomic E-state index is 12.8. The minimum Gasteiger partial charge on any atom is -0.341 e. The van der Waals surface area contributed by atoms with Crippen molar-refractivity contribution in [1.29, 1.82) is 0 Å². The van der Waals surface area contributed by atoms with Crippen LogP contribution in [0.4, 0.5) is 5.69 Å². The van der Waals surface area contributed by atoms with Gasteiger partial charge in [-0.15, -0.1) is 4.31 Å². The first-order valence-electron chi connectivity index (χ1n) is 8.53. The fourth-order valence-corrected chi connectivity index (χ4v) is 5.27. The van der Waals surface area contributed by atoms with Crippen molar-refractivity contribution < 1.29 is 9.35 Å². The Morgan fingerprint density at radius 1 is 1.08 bits per heavy atom. The number of rotatable bonds is 2. The summed E-state index contributed by atoms with van der Waals surface area (Å²) in [5.74, 6) is 0.0968. The normalized spacial score (nSPS) is 19.4. The lowest BCUT2D eigenvalue weighted by Gasteiger charge is -2.30. The second-order valence-electron chi connectivity index (χ2n) is 6.40. The van der Waals surface area contributed by atoms with Gasteiger partial charge in [-0.05, 0) is 49.6 Å². The van der Waals surface area contributed by atoms with Crippen LogP contribution in [0, 0.1) is 0 Å². The molecule has 0 bridgehead atoms. The molecule has 1 atom stereocenters. The molecule has 1 amide bonds. The fraction of sp³-hybridized carbons (Fsp3) is 0.316. The summed E-state index contributed by atoms with van der Waals surface area (Å²) < 4.78 is 13.8. The largest absolute Gasteiger partial charge is 0.341 e. The van der Waals surface area contributed by atoms with Crippen molar-refractivity contribution in [2.75, 3.05) is 23.9 Å². The monoisotopic (exact) mass is 419 g/mol. The molecule has 0 saturated carbocycles. The standard InChI is InChI=1S/C19H20BrN2O2S/c20-14-8-9-17-16(12-14)15-6-2-3-7-18(15)25(24)22(17)13-19(23)21-10-4-1-5-11-21/h2-3,6-9,12,24H,1,4-5,10-11,13H2/q+1. The number of nitrogens with zero attached hydrogens (tertiary/aromatic N) is 2. The van der Waals surface area contributed by atoms with Crippen LogP contribution in [0.1, 0.15) is 19.3 Å². The average molecular weight is 420 g/mol. The van der Waals surface area contributed by atoms with Gasteiger partial charge in [-0.2, -0.15) is 4.55 Å². The summed E-state index contributed by atoms with van der Waals surface area (Å²) in [4.78, 5) is 15.6. The number of carbonyl (C=O) groups is 1. The molecule has 1 N–H and O–H groups in total. The molecule has 4 rings (SSSR count). The van der Waals surface area contributed by atoms with Gasteiger partial charge in [0, 0.05) is 28.7 Å². The summed E-state index contributed by atoms with van der Waals surface area (Å²) in [5.41, 5.74) is 3.00. The van der Waals surface area contributed by atoms with Crippen molar-refractivity contribution in [1.82, 2.24) is 4.90 Å². The van der Waals surface area contributed by atoms with Crippen molar-refractivity contribution >= 4 is 38.9 Å². The first-order valence-corrected chi connectivity index (χ1v) is 10.5. The van der Waals surface area contributed by atoms with Crippen LogP contribution in [0.2, 0.25) is 0 Å². The predicted molar refractivity (Wildman–Crippen MR) is 106 cm³/mol. The van der Waals surface area contributed by atoms with Crippen LogP contribution >= 0.6 is 15.9 Å². The lowest BCUT2D eigenvalue weighted by atomic mass is 10.0. The van der Waals surface area contributed by atoms with Crippen molar-refractivity contribution in [3.8, 4) is 11.1 Å². The van der Waals surface area contributed by atoms with Crippen molar-refractivity contribution in [2.24, 2.45) is 0 Å². The number of halogens is 1. The minimum absolute atomic E-state index is 0.0968. The third-order valence-electron chi connectivity index (χ3n) is 4.80. The molecule has 2 aliphatic heterocycles. The van der Waals surface area contributed by atoms with Crippen LogP contribution in [0.3, 0.4) is 0 Å². The number of hydrogen-bond donors (Lipinski definition) is 1. The van der Waals surface area contributed by atoms with Gasteiger partial charge in [-0.25, -0.2) is 0 Å². The maximum Gasteiger partial charge on any atom is 0.307 e. The van der Waals surface area contributed by atoms with E-state index in [0.29, 0.717) is 0 Å². The van der Waals surface area contributed by atoms with E-state index < -0.39 is 11.4 Å². The summed E-state index contributed by atoms with van der Waals surface area (Å²) in [6, 6.07) is 13.9. The quantitative estimate of drug-likeness (QED) is 0.737. The van der Waals surface area contributed by atoms with Crippen molar-refractivity contribution in [3.63, 3.8) is 0 Å². The molecule has 2 aromatic rings. The van der Waals surface area contributed by atoms with Crippen LogP contribution in [-0.2, 0) is 16.2 Å². The molecular weight excluding hydrogens is 400 g/mol. The van der Waals surface area contributed by atoms with E-state index in [-0.39, 0.29) is 12.5 Å². The average Bonchev–Trinajstić information content (AvgIpc) is 2.66. The molecule has 0 aliphatic carbocycles. The van der Waals surface area contributed by atoms with Gasteiger partial charge >= 0.3 is 11.4 Å². The third-order valence-corrected chi connectivity index (χ3v) is 6.78. The lowest BCUT2D eigenvalue weighted by molar-refractivity contribution is -0.130. The lowest BCUT2D eigenvalue weighted by Crippen LogP contribution is -2.45. The first kappa shape index (κ1) is 16.9. The van der Waals surface area contributed by atoms with E-state index in [1.165, 1.54) is 6.42 Å². The first-order chi connectivity index (χ1) is 12.1. The molecule has 0 radical (unpaired) electrons. The molecule has 0 aromatic heterocycles. The Hall–Kier alpha value is -1.50. The van der Waals surface area contributed by atoms with E-state index in [4.69, 9.17) is 0 Å². The smallest absolute Gasteiger partial charge is 0.307 e. The highest BCUT2D eigenvalue weighted by Crippen LogP contribution is 2.43. The van der Waals surface area contributed by atoms with Crippen LogP contribution in [-0.4, -0.2) is 35.0 Å². The van der Waals surface area contributed by atoms with Gasteiger partial charge < -0.3 is 4.90 Å².